The lowest BCUT2D eigenvalue weighted by atomic mass is 10.1. The molecule has 26 heavy (non-hydrogen) atoms. The van der Waals surface area contributed by atoms with Gasteiger partial charge in [-0.25, -0.2) is 9.59 Å². The first-order valence-corrected chi connectivity index (χ1v) is 9.05. The zero-order chi connectivity index (χ0) is 19.1. The SMILES string of the molecule is COc1ccc(CCC(C)NC(=O)N2CCN(C(=O)N(C)C)CC2)cc1. The Morgan fingerprint density at radius 2 is 1.69 bits per heavy atom. The van der Waals surface area contributed by atoms with Gasteiger partial charge in [0, 0.05) is 46.3 Å². The first kappa shape index (κ1) is 19.9. The quantitative estimate of drug-likeness (QED) is 0.872. The van der Waals surface area contributed by atoms with Gasteiger partial charge in [-0.2, -0.15) is 0 Å². The van der Waals surface area contributed by atoms with Crippen LogP contribution in [0.15, 0.2) is 24.3 Å². The van der Waals surface area contributed by atoms with Gasteiger partial charge in [0.25, 0.3) is 0 Å². The van der Waals surface area contributed by atoms with Crippen molar-refractivity contribution in [3.05, 3.63) is 29.8 Å². The lowest BCUT2D eigenvalue weighted by molar-refractivity contribution is 0.127. The Morgan fingerprint density at radius 3 is 2.23 bits per heavy atom. The van der Waals surface area contributed by atoms with Crippen LogP contribution >= 0.6 is 0 Å². The van der Waals surface area contributed by atoms with E-state index in [0.29, 0.717) is 26.2 Å². The molecule has 1 aliphatic heterocycles. The van der Waals surface area contributed by atoms with Crippen molar-refractivity contribution in [1.82, 2.24) is 20.0 Å². The molecule has 1 N–H and O–H groups in total. The number of amides is 4. The zero-order valence-corrected chi connectivity index (χ0v) is 16.2. The predicted molar refractivity (Wildman–Crippen MR) is 102 cm³/mol. The summed E-state index contributed by atoms with van der Waals surface area (Å²) in [4.78, 5) is 29.5. The molecule has 0 spiro atoms. The van der Waals surface area contributed by atoms with E-state index in [1.54, 1.807) is 35.9 Å². The molecule has 1 aromatic carbocycles. The van der Waals surface area contributed by atoms with Crippen LogP contribution in [0, 0.1) is 0 Å². The number of rotatable bonds is 5. The molecule has 4 amide bonds. The Labute approximate surface area is 155 Å². The van der Waals surface area contributed by atoms with E-state index in [1.807, 2.05) is 31.2 Å². The summed E-state index contributed by atoms with van der Waals surface area (Å²) in [7, 11) is 5.14. The van der Waals surface area contributed by atoms with E-state index >= 15 is 0 Å². The number of carbonyl (C=O) groups is 2. The van der Waals surface area contributed by atoms with Crippen LogP contribution in [0.3, 0.4) is 0 Å². The highest BCUT2D eigenvalue weighted by molar-refractivity contribution is 5.76. The van der Waals surface area contributed by atoms with E-state index in [9.17, 15) is 9.59 Å². The monoisotopic (exact) mass is 362 g/mol. The summed E-state index contributed by atoms with van der Waals surface area (Å²) in [5, 5.41) is 3.06. The minimum absolute atomic E-state index is 0.00193. The van der Waals surface area contributed by atoms with Gasteiger partial charge in [0.05, 0.1) is 7.11 Å². The number of methoxy groups -OCH3 is 1. The van der Waals surface area contributed by atoms with Crippen LogP contribution in [0.1, 0.15) is 18.9 Å². The average molecular weight is 362 g/mol. The van der Waals surface area contributed by atoms with E-state index in [1.165, 1.54) is 5.56 Å². The lowest BCUT2D eigenvalue weighted by Crippen LogP contribution is -2.55. The van der Waals surface area contributed by atoms with Crippen molar-refractivity contribution >= 4 is 12.1 Å². The fourth-order valence-electron chi connectivity index (χ4n) is 2.93. The van der Waals surface area contributed by atoms with Gasteiger partial charge in [-0.1, -0.05) is 12.1 Å². The van der Waals surface area contributed by atoms with Crippen molar-refractivity contribution in [2.45, 2.75) is 25.8 Å². The highest BCUT2D eigenvalue weighted by Crippen LogP contribution is 2.13. The molecule has 1 saturated heterocycles. The molecular weight excluding hydrogens is 332 g/mol. The average Bonchev–Trinajstić information content (AvgIpc) is 2.66. The van der Waals surface area contributed by atoms with Crippen LogP contribution < -0.4 is 10.1 Å². The van der Waals surface area contributed by atoms with E-state index < -0.39 is 0 Å². The van der Waals surface area contributed by atoms with Crippen molar-refractivity contribution in [1.29, 1.82) is 0 Å². The first-order chi connectivity index (χ1) is 12.4. The van der Waals surface area contributed by atoms with Crippen LogP contribution in [0.5, 0.6) is 5.75 Å². The van der Waals surface area contributed by atoms with Crippen LogP contribution in [0.4, 0.5) is 9.59 Å². The van der Waals surface area contributed by atoms with E-state index in [-0.39, 0.29) is 18.1 Å². The van der Waals surface area contributed by atoms with Crippen molar-refractivity contribution in [3.63, 3.8) is 0 Å². The Kier molecular flexibility index (Phi) is 7.12. The van der Waals surface area contributed by atoms with Gasteiger partial charge in [0.15, 0.2) is 0 Å². The number of hydrogen-bond acceptors (Lipinski definition) is 3. The summed E-state index contributed by atoms with van der Waals surface area (Å²) < 4.78 is 5.16. The highest BCUT2D eigenvalue weighted by atomic mass is 16.5. The largest absolute Gasteiger partial charge is 0.497 e. The molecule has 0 radical (unpaired) electrons. The molecule has 0 aromatic heterocycles. The van der Waals surface area contributed by atoms with Crippen LogP contribution in [0.25, 0.3) is 0 Å². The van der Waals surface area contributed by atoms with Crippen LogP contribution in [-0.4, -0.2) is 80.2 Å². The van der Waals surface area contributed by atoms with Gasteiger partial charge < -0.3 is 24.8 Å². The normalized spacial score (nSPS) is 15.4. The number of carbonyl (C=O) groups excluding carboxylic acids is 2. The lowest BCUT2D eigenvalue weighted by Gasteiger charge is -2.36. The maximum absolute atomic E-state index is 12.4. The molecule has 1 fully saturated rings. The molecule has 0 aliphatic carbocycles. The molecule has 144 valence electrons. The Balaban J connectivity index is 1.72. The molecule has 0 saturated carbocycles. The van der Waals surface area contributed by atoms with E-state index in [0.717, 1.165) is 18.6 Å². The van der Waals surface area contributed by atoms with Crippen molar-refractivity contribution in [2.24, 2.45) is 0 Å². The summed E-state index contributed by atoms with van der Waals surface area (Å²) in [6.45, 7) is 4.30. The van der Waals surface area contributed by atoms with Crippen LogP contribution in [-0.2, 0) is 6.42 Å². The molecular formula is C19H30N4O3. The Hall–Kier alpha value is -2.44. The molecule has 7 nitrogen and oxygen atoms in total. The predicted octanol–water partition coefficient (Wildman–Crippen LogP) is 2.03. The Morgan fingerprint density at radius 1 is 1.12 bits per heavy atom. The minimum Gasteiger partial charge on any atom is -0.497 e. The summed E-state index contributed by atoms with van der Waals surface area (Å²) >= 11 is 0. The summed E-state index contributed by atoms with van der Waals surface area (Å²) in [5.41, 5.74) is 1.22. The van der Waals surface area contributed by atoms with Gasteiger partial charge in [0.1, 0.15) is 5.75 Å². The van der Waals surface area contributed by atoms with E-state index in [4.69, 9.17) is 4.74 Å². The number of urea groups is 2. The smallest absolute Gasteiger partial charge is 0.319 e. The third-order valence-corrected chi connectivity index (χ3v) is 4.61. The van der Waals surface area contributed by atoms with Crippen molar-refractivity contribution < 1.29 is 14.3 Å². The number of ether oxygens (including phenoxy) is 1. The van der Waals surface area contributed by atoms with Gasteiger partial charge in [0.2, 0.25) is 0 Å². The number of aryl methyl sites for hydroxylation is 1. The highest BCUT2D eigenvalue weighted by Gasteiger charge is 2.25. The minimum atomic E-state index is -0.0517. The zero-order valence-electron chi connectivity index (χ0n) is 16.2. The maximum Gasteiger partial charge on any atom is 0.319 e. The van der Waals surface area contributed by atoms with Crippen molar-refractivity contribution in [2.75, 3.05) is 47.4 Å². The molecule has 7 heteroatoms. The standard InChI is InChI=1S/C19H30N4O3/c1-15(5-6-16-7-9-17(26-4)10-8-16)20-18(24)22-11-13-23(14-12-22)19(25)21(2)3/h7-10,15H,5-6,11-14H2,1-4H3,(H,20,24). The molecule has 1 unspecified atom stereocenters. The van der Waals surface area contributed by atoms with Gasteiger partial charge >= 0.3 is 12.1 Å². The summed E-state index contributed by atoms with van der Waals surface area (Å²) in [6, 6.07) is 8.04. The topological polar surface area (TPSA) is 65.1 Å². The summed E-state index contributed by atoms with van der Waals surface area (Å²) in [6.07, 6.45) is 1.77. The van der Waals surface area contributed by atoms with Gasteiger partial charge in [-0.05, 0) is 37.5 Å². The third kappa shape index (κ3) is 5.54. The summed E-state index contributed by atoms with van der Waals surface area (Å²) in [5.74, 6) is 0.849. The number of hydrogen-bond donors (Lipinski definition) is 1. The molecule has 1 aliphatic rings. The fourth-order valence-corrected chi connectivity index (χ4v) is 2.93. The van der Waals surface area contributed by atoms with E-state index in [2.05, 4.69) is 5.32 Å². The molecule has 1 atom stereocenters. The molecule has 1 heterocycles. The maximum atomic E-state index is 12.4. The van der Waals surface area contributed by atoms with Gasteiger partial charge in [-0.3, -0.25) is 0 Å². The number of nitrogens with one attached hydrogen (secondary N) is 1. The second kappa shape index (κ2) is 9.31. The second-order valence-corrected chi connectivity index (χ2v) is 6.89. The number of benzene rings is 1. The Bertz CT molecular complexity index is 595. The van der Waals surface area contributed by atoms with Crippen molar-refractivity contribution in [3.8, 4) is 5.75 Å². The molecule has 0 bridgehead atoms. The first-order valence-electron chi connectivity index (χ1n) is 9.05. The number of nitrogens with zero attached hydrogens (tertiary/aromatic N) is 3. The van der Waals surface area contributed by atoms with Gasteiger partial charge in [-0.15, -0.1) is 0 Å². The second-order valence-electron chi connectivity index (χ2n) is 6.89. The number of piperazine rings is 1. The third-order valence-electron chi connectivity index (χ3n) is 4.61. The molecule has 1 aromatic rings. The van der Waals surface area contributed by atoms with Crippen LogP contribution in [0.2, 0.25) is 0 Å². The molecule has 2 rings (SSSR count). The fraction of sp³-hybridized carbons (Fsp3) is 0.579.